The molecule has 0 atom stereocenters. The Kier molecular flexibility index (Phi) is 6.52. The van der Waals surface area contributed by atoms with Crippen molar-refractivity contribution in [2.45, 2.75) is 13.3 Å². The van der Waals surface area contributed by atoms with Crippen molar-refractivity contribution in [1.82, 2.24) is 10.2 Å². The second-order valence-corrected chi connectivity index (χ2v) is 4.66. The van der Waals surface area contributed by atoms with Crippen LogP contribution in [0.4, 0.5) is 10.5 Å². The zero-order valence-electron chi connectivity index (χ0n) is 12.1. The number of nitrogens with zero attached hydrogens (tertiary/aromatic N) is 1. The highest BCUT2D eigenvalue weighted by Gasteiger charge is 2.03. The fourth-order valence-corrected chi connectivity index (χ4v) is 1.58. The Bertz CT molecular complexity index is 461. The molecule has 2 N–H and O–H groups in total. The van der Waals surface area contributed by atoms with Crippen LogP contribution in [0.15, 0.2) is 24.3 Å². The van der Waals surface area contributed by atoms with Gasteiger partial charge in [-0.05, 0) is 39.2 Å². The van der Waals surface area contributed by atoms with Gasteiger partial charge >= 0.3 is 12.0 Å². The molecule has 110 valence electrons. The van der Waals surface area contributed by atoms with Gasteiger partial charge in [0, 0.05) is 25.2 Å². The van der Waals surface area contributed by atoms with Crippen LogP contribution in [-0.4, -0.2) is 44.1 Å². The number of rotatable bonds is 6. The monoisotopic (exact) mass is 279 g/mol. The van der Waals surface area contributed by atoms with Gasteiger partial charge in [0.1, 0.15) is 5.75 Å². The van der Waals surface area contributed by atoms with Gasteiger partial charge in [-0.3, -0.25) is 4.79 Å². The maximum atomic E-state index is 11.6. The number of carbonyl (C=O) groups is 2. The van der Waals surface area contributed by atoms with Crippen LogP contribution < -0.4 is 15.4 Å². The van der Waals surface area contributed by atoms with Gasteiger partial charge in [-0.25, -0.2) is 4.79 Å². The summed E-state index contributed by atoms with van der Waals surface area (Å²) in [6, 6.07) is 6.41. The third-order valence-corrected chi connectivity index (χ3v) is 2.42. The average Bonchev–Trinajstić information content (AvgIpc) is 2.34. The van der Waals surface area contributed by atoms with Crippen molar-refractivity contribution >= 4 is 17.7 Å². The number of amides is 2. The smallest absolute Gasteiger partial charge is 0.319 e. The maximum Gasteiger partial charge on any atom is 0.319 e. The highest BCUT2D eigenvalue weighted by Crippen LogP contribution is 2.17. The van der Waals surface area contributed by atoms with E-state index in [1.807, 2.05) is 14.1 Å². The molecular formula is C14H21N3O3. The van der Waals surface area contributed by atoms with E-state index in [-0.39, 0.29) is 6.03 Å². The molecule has 0 radical (unpaired) electrons. The van der Waals surface area contributed by atoms with Gasteiger partial charge in [0.15, 0.2) is 0 Å². The summed E-state index contributed by atoms with van der Waals surface area (Å²) >= 11 is 0. The number of ether oxygens (including phenoxy) is 1. The summed E-state index contributed by atoms with van der Waals surface area (Å²) in [6.07, 6.45) is 0.883. The van der Waals surface area contributed by atoms with Crippen molar-refractivity contribution in [3.8, 4) is 5.75 Å². The highest BCUT2D eigenvalue weighted by molar-refractivity contribution is 5.89. The fraction of sp³-hybridized carbons (Fsp3) is 0.429. The molecule has 2 amide bonds. The number of urea groups is 1. The molecule has 0 saturated heterocycles. The predicted octanol–water partition coefficient (Wildman–Crippen LogP) is 1.69. The first-order chi connectivity index (χ1) is 9.47. The number of hydrogen-bond donors (Lipinski definition) is 2. The average molecular weight is 279 g/mol. The van der Waals surface area contributed by atoms with E-state index >= 15 is 0 Å². The van der Waals surface area contributed by atoms with Gasteiger partial charge in [0.2, 0.25) is 0 Å². The van der Waals surface area contributed by atoms with Crippen molar-refractivity contribution in [2.24, 2.45) is 0 Å². The second-order valence-electron chi connectivity index (χ2n) is 4.66. The van der Waals surface area contributed by atoms with E-state index in [0.29, 0.717) is 18.0 Å². The highest BCUT2D eigenvalue weighted by atomic mass is 16.5. The third kappa shape index (κ3) is 6.75. The lowest BCUT2D eigenvalue weighted by molar-refractivity contribution is -0.131. The maximum absolute atomic E-state index is 11.6. The van der Waals surface area contributed by atoms with Crippen LogP contribution in [0.1, 0.15) is 13.3 Å². The zero-order chi connectivity index (χ0) is 15.0. The molecule has 0 aliphatic heterocycles. The molecule has 0 aromatic heterocycles. The van der Waals surface area contributed by atoms with Crippen molar-refractivity contribution in [2.75, 3.05) is 32.5 Å². The summed E-state index contributed by atoms with van der Waals surface area (Å²) < 4.78 is 4.95. The largest absolute Gasteiger partial charge is 0.427 e. The van der Waals surface area contributed by atoms with Gasteiger partial charge in [-0.2, -0.15) is 0 Å². The first kappa shape index (κ1) is 16.0. The van der Waals surface area contributed by atoms with E-state index in [1.54, 1.807) is 24.3 Å². The molecule has 1 rings (SSSR count). The van der Waals surface area contributed by atoms with Gasteiger partial charge in [0.05, 0.1) is 0 Å². The van der Waals surface area contributed by atoms with E-state index in [9.17, 15) is 9.59 Å². The Hall–Kier alpha value is -2.08. The fourth-order valence-electron chi connectivity index (χ4n) is 1.58. The van der Waals surface area contributed by atoms with E-state index in [1.165, 1.54) is 6.92 Å². The molecule has 1 aromatic carbocycles. The summed E-state index contributed by atoms with van der Waals surface area (Å²) in [7, 11) is 3.97. The minimum atomic E-state index is -0.393. The minimum Gasteiger partial charge on any atom is -0.427 e. The standard InChI is InChI=1S/C14H21N3O3/c1-11(18)20-13-7-4-6-12(10-13)16-14(19)15-8-5-9-17(2)3/h4,6-7,10H,5,8-9H2,1-3H3,(H2,15,16,19). The topological polar surface area (TPSA) is 70.7 Å². The lowest BCUT2D eigenvalue weighted by Crippen LogP contribution is -2.31. The van der Waals surface area contributed by atoms with Gasteiger partial charge < -0.3 is 20.3 Å². The first-order valence-electron chi connectivity index (χ1n) is 6.45. The number of nitrogens with one attached hydrogen (secondary N) is 2. The van der Waals surface area contributed by atoms with Crippen LogP contribution in [-0.2, 0) is 4.79 Å². The molecule has 0 heterocycles. The Morgan fingerprint density at radius 2 is 2.05 bits per heavy atom. The number of anilines is 1. The summed E-state index contributed by atoms with van der Waals surface area (Å²) in [5.74, 6) is 0.0122. The van der Waals surface area contributed by atoms with Gasteiger partial charge in [-0.15, -0.1) is 0 Å². The van der Waals surface area contributed by atoms with E-state index < -0.39 is 5.97 Å². The number of carbonyl (C=O) groups excluding carboxylic acids is 2. The Morgan fingerprint density at radius 1 is 1.30 bits per heavy atom. The van der Waals surface area contributed by atoms with Crippen molar-refractivity contribution in [3.05, 3.63) is 24.3 Å². The Labute approximate surface area is 119 Å². The molecular weight excluding hydrogens is 258 g/mol. The zero-order valence-corrected chi connectivity index (χ0v) is 12.1. The van der Waals surface area contributed by atoms with Crippen LogP contribution in [0, 0.1) is 0 Å². The molecule has 0 fully saturated rings. The molecule has 0 unspecified atom stereocenters. The van der Waals surface area contributed by atoms with E-state index in [4.69, 9.17) is 4.74 Å². The molecule has 0 spiro atoms. The number of esters is 1. The van der Waals surface area contributed by atoms with Gasteiger partial charge in [0.25, 0.3) is 0 Å². The van der Waals surface area contributed by atoms with Crippen molar-refractivity contribution < 1.29 is 14.3 Å². The lowest BCUT2D eigenvalue weighted by Gasteiger charge is -2.11. The SMILES string of the molecule is CC(=O)Oc1cccc(NC(=O)NCCCN(C)C)c1. The third-order valence-electron chi connectivity index (χ3n) is 2.42. The molecule has 0 aliphatic rings. The Balaban J connectivity index is 2.39. The summed E-state index contributed by atoms with van der Waals surface area (Å²) in [4.78, 5) is 24.6. The summed E-state index contributed by atoms with van der Waals surface area (Å²) in [6.45, 7) is 2.85. The normalized spacial score (nSPS) is 10.2. The molecule has 0 aliphatic carbocycles. The minimum absolute atomic E-state index is 0.274. The first-order valence-corrected chi connectivity index (χ1v) is 6.45. The molecule has 6 nitrogen and oxygen atoms in total. The number of hydrogen-bond acceptors (Lipinski definition) is 4. The van der Waals surface area contributed by atoms with Crippen LogP contribution >= 0.6 is 0 Å². The van der Waals surface area contributed by atoms with Crippen LogP contribution in [0.5, 0.6) is 5.75 Å². The molecule has 6 heteroatoms. The lowest BCUT2D eigenvalue weighted by atomic mass is 10.3. The number of benzene rings is 1. The van der Waals surface area contributed by atoms with Crippen LogP contribution in [0.2, 0.25) is 0 Å². The molecule has 20 heavy (non-hydrogen) atoms. The quantitative estimate of drug-likeness (QED) is 0.472. The van der Waals surface area contributed by atoms with E-state index in [0.717, 1.165) is 13.0 Å². The predicted molar refractivity (Wildman–Crippen MR) is 77.9 cm³/mol. The summed E-state index contributed by atoms with van der Waals surface area (Å²) in [5.41, 5.74) is 0.578. The summed E-state index contributed by atoms with van der Waals surface area (Å²) in [5, 5.41) is 5.45. The van der Waals surface area contributed by atoms with Crippen molar-refractivity contribution in [3.63, 3.8) is 0 Å². The van der Waals surface area contributed by atoms with Gasteiger partial charge in [-0.1, -0.05) is 6.07 Å². The van der Waals surface area contributed by atoms with Crippen LogP contribution in [0.25, 0.3) is 0 Å². The van der Waals surface area contributed by atoms with E-state index in [2.05, 4.69) is 15.5 Å². The molecule has 0 bridgehead atoms. The molecule has 1 aromatic rings. The van der Waals surface area contributed by atoms with Crippen LogP contribution in [0.3, 0.4) is 0 Å². The second kappa shape index (κ2) is 8.16. The van der Waals surface area contributed by atoms with Crippen molar-refractivity contribution in [1.29, 1.82) is 0 Å². The molecule has 0 saturated carbocycles. The Morgan fingerprint density at radius 3 is 2.70 bits per heavy atom.